The van der Waals surface area contributed by atoms with E-state index in [1.165, 1.54) is 0 Å². The lowest BCUT2D eigenvalue weighted by molar-refractivity contribution is 0.0696. The van der Waals surface area contributed by atoms with Gasteiger partial charge in [0.05, 0.1) is 11.3 Å². The standard InChI is InChI=1S/C15H15N3O2/c16-15(17)18-13-8-4-2-6-11(13)9-10-5-1-3-7-12(10)14(19)20/h1-8H,9H2,(H,19,20)(H4,16,17,18). The number of hydrogen-bond donors (Lipinski definition) is 3. The fourth-order valence-electron chi connectivity index (χ4n) is 2.00. The van der Waals surface area contributed by atoms with Crippen LogP contribution in [0.5, 0.6) is 0 Å². The van der Waals surface area contributed by atoms with E-state index in [1.807, 2.05) is 24.3 Å². The average molecular weight is 269 g/mol. The molecule has 0 fully saturated rings. The van der Waals surface area contributed by atoms with E-state index in [0.29, 0.717) is 12.1 Å². The highest BCUT2D eigenvalue weighted by atomic mass is 16.4. The molecule has 0 heterocycles. The van der Waals surface area contributed by atoms with Gasteiger partial charge in [-0.15, -0.1) is 0 Å². The molecule has 0 aliphatic rings. The van der Waals surface area contributed by atoms with Crippen LogP contribution < -0.4 is 11.5 Å². The predicted molar refractivity (Wildman–Crippen MR) is 78.1 cm³/mol. The monoisotopic (exact) mass is 269 g/mol. The van der Waals surface area contributed by atoms with Crippen molar-refractivity contribution in [2.75, 3.05) is 0 Å². The molecule has 0 saturated heterocycles. The number of carbonyl (C=O) groups is 1. The molecule has 0 radical (unpaired) electrons. The minimum absolute atomic E-state index is 0.0241. The van der Waals surface area contributed by atoms with Crippen molar-refractivity contribution in [2.45, 2.75) is 6.42 Å². The number of aromatic carboxylic acids is 1. The lowest BCUT2D eigenvalue weighted by atomic mass is 9.99. The predicted octanol–water partition coefficient (Wildman–Crippen LogP) is 1.88. The summed E-state index contributed by atoms with van der Waals surface area (Å²) in [5, 5.41) is 9.19. The first-order valence-corrected chi connectivity index (χ1v) is 6.06. The second kappa shape index (κ2) is 5.88. The lowest BCUT2D eigenvalue weighted by Crippen LogP contribution is -2.22. The van der Waals surface area contributed by atoms with Gasteiger partial charge >= 0.3 is 5.97 Å². The molecule has 5 heteroatoms. The molecular formula is C15H15N3O2. The van der Waals surface area contributed by atoms with Crippen LogP contribution >= 0.6 is 0 Å². The summed E-state index contributed by atoms with van der Waals surface area (Å²) in [5.41, 5.74) is 13.3. The van der Waals surface area contributed by atoms with Crippen LogP contribution in [-0.4, -0.2) is 17.0 Å². The normalized spacial score (nSPS) is 10.0. The number of benzene rings is 2. The lowest BCUT2D eigenvalue weighted by Gasteiger charge is -2.08. The van der Waals surface area contributed by atoms with Crippen LogP contribution in [0.2, 0.25) is 0 Å². The minimum atomic E-state index is -0.945. The van der Waals surface area contributed by atoms with Gasteiger partial charge in [-0.25, -0.2) is 9.79 Å². The molecule has 0 bridgehead atoms. The summed E-state index contributed by atoms with van der Waals surface area (Å²) >= 11 is 0. The van der Waals surface area contributed by atoms with E-state index in [-0.39, 0.29) is 11.5 Å². The van der Waals surface area contributed by atoms with E-state index in [1.54, 1.807) is 24.3 Å². The van der Waals surface area contributed by atoms with Crippen LogP contribution in [0.25, 0.3) is 0 Å². The summed E-state index contributed by atoms with van der Waals surface area (Å²) in [7, 11) is 0. The first-order chi connectivity index (χ1) is 9.58. The molecule has 102 valence electrons. The van der Waals surface area contributed by atoms with Gasteiger partial charge in [-0.2, -0.15) is 0 Å². The Kier molecular flexibility index (Phi) is 4.00. The van der Waals surface area contributed by atoms with E-state index in [2.05, 4.69) is 4.99 Å². The molecule has 0 aromatic heterocycles. The maximum absolute atomic E-state index is 11.2. The van der Waals surface area contributed by atoms with Crippen LogP contribution in [0.1, 0.15) is 21.5 Å². The molecule has 0 aliphatic carbocycles. The zero-order chi connectivity index (χ0) is 14.5. The van der Waals surface area contributed by atoms with Gasteiger partial charge < -0.3 is 16.6 Å². The number of rotatable bonds is 4. The van der Waals surface area contributed by atoms with Gasteiger partial charge in [0.25, 0.3) is 0 Å². The number of para-hydroxylation sites is 1. The van der Waals surface area contributed by atoms with Crippen molar-refractivity contribution in [1.29, 1.82) is 0 Å². The first-order valence-electron chi connectivity index (χ1n) is 6.06. The molecule has 2 aromatic carbocycles. The van der Waals surface area contributed by atoms with Gasteiger partial charge in [0.15, 0.2) is 5.96 Å². The molecule has 5 N–H and O–H groups in total. The largest absolute Gasteiger partial charge is 0.478 e. The van der Waals surface area contributed by atoms with Crippen molar-refractivity contribution in [3.05, 3.63) is 65.2 Å². The van der Waals surface area contributed by atoms with E-state index >= 15 is 0 Å². The third-order valence-corrected chi connectivity index (χ3v) is 2.87. The molecule has 0 amide bonds. The van der Waals surface area contributed by atoms with Crippen molar-refractivity contribution < 1.29 is 9.90 Å². The topological polar surface area (TPSA) is 102 Å². The summed E-state index contributed by atoms with van der Waals surface area (Å²) in [6, 6.07) is 14.2. The summed E-state index contributed by atoms with van der Waals surface area (Å²) in [6.07, 6.45) is 0.454. The number of carboxylic acids is 1. The Bertz CT molecular complexity index is 662. The second-order valence-corrected chi connectivity index (χ2v) is 4.30. The number of hydrogen-bond acceptors (Lipinski definition) is 2. The zero-order valence-corrected chi connectivity index (χ0v) is 10.8. The molecule has 0 aliphatic heterocycles. The highest BCUT2D eigenvalue weighted by Gasteiger charge is 2.11. The fourth-order valence-corrected chi connectivity index (χ4v) is 2.00. The van der Waals surface area contributed by atoms with Crippen molar-refractivity contribution in [3.8, 4) is 0 Å². The van der Waals surface area contributed by atoms with E-state index in [0.717, 1.165) is 11.1 Å². The highest BCUT2D eigenvalue weighted by molar-refractivity contribution is 5.89. The molecule has 0 saturated carbocycles. The number of carboxylic acid groups (broad SMARTS) is 1. The Morgan fingerprint density at radius 2 is 1.60 bits per heavy atom. The first kappa shape index (κ1) is 13.6. The van der Waals surface area contributed by atoms with Crippen molar-refractivity contribution >= 4 is 17.6 Å². The van der Waals surface area contributed by atoms with Crippen LogP contribution in [0.3, 0.4) is 0 Å². The third-order valence-electron chi connectivity index (χ3n) is 2.87. The van der Waals surface area contributed by atoms with Gasteiger partial charge in [0, 0.05) is 6.42 Å². The molecule has 2 rings (SSSR count). The number of guanidine groups is 1. The highest BCUT2D eigenvalue weighted by Crippen LogP contribution is 2.23. The van der Waals surface area contributed by atoms with Crippen LogP contribution in [0, 0.1) is 0 Å². The van der Waals surface area contributed by atoms with E-state index < -0.39 is 5.97 Å². The Morgan fingerprint density at radius 3 is 2.25 bits per heavy atom. The second-order valence-electron chi connectivity index (χ2n) is 4.30. The fraction of sp³-hybridized carbons (Fsp3) is 0.0667. The smallest absolute Gasteiger partial charge is 0.335 e. The number of nitrogens with zero attached hydrogens (tertiary/aromatic N) is 1. The van der Waals surface area contributed by atoms with Gasteiger partial charge in [-0.05, 0) is 23.3 Å². The van der Waals surface area contributed by atoms with E-state index in [9.17, 15) is 9.90 Å². The van der Waals surface area contributed by atoms with Crippen molar-refractivity contribution in [3.63, 3.8) is 0 Å². The summed E-state index contributed by atoms with van der Waals surface area (Å²) in [5.74, 6) is -0.969. The van der Waals surface area contributed by atoms with Crippen molar-refractivity contribution in [1.82, 2.24) is 0 Å². The average Bonchev–Trinajstić information content (AvgIpc) is 2.41. The van der Waals surface area contributed by atoms with Gasteiger partial charge in [-0.1, -0.05) is 36.4 Å². The molecular weight excluding hydrogens is 254 g/mol. The molecule has 20 heavy (non-hydrogen) atoms. The van der Waals surface area contributed by atoms with Crippen LogP contribution in [0.4, 0.5) is 5.69 Å². The zero-order valence-electron chi connectivity index (χ0n) is 10.8. The maximum atomic E-state index is 11.2. The Balaban J connectivity index is 2.41. The molecule has 5 nitrogen and oxygen atoms in total. The maximum Gasteiger partial charge on any atom is 0.335 e. The van der Waals surface area contributed by atoms with Gasteiger partial charge in [0.2, 0.25) is 0 Å². The van der Waals surface area contributed by atoms with Crippen LogP contribution in [-0.2, 0) is 6.42 Å². The Hall–Kier alpha value is -2.82. The van der Waals surface area contributed by atoms with E-state index in [4.69, 9.17) is 11.5 Å². The third kappa shape index (κ3) is 3.14. The molecule has 0 atom stereocenters. The Labute approximate surface area is 116 Å². The van der Waals surface area contributed by atoms with Gasteiger partial charge in [-0.3, -0.25) is 0 Å². The molecule has 0 unspecified atom stereocenters. The summed E-state index contributed by atoms with van der Waals surface area (Å²) < 4.78 is 0. The van der Waals surface area contributed by atoms with Crippen LogP contribution in [0.15, 0.2) is 53.5 Å². The summed E-state index contributed by atoms with van der Waals surface area (Å²) in [6.45, 7) is 0. The Morgan fingerprint density at radius 1 is 1.00 bits per heavy atom. The molecule has 0 spiro atoms. The van der Waals surface area contributed by atoms with Gasteiger partial charge in [0.1, 0.15) is 0 Å². The summed E-state index contributed by atoms with van der Waals surface area (Å²) in [4.78, 5) is 15.3. The SMILES string of the molecule is NC(N)=Nc1ccccc1Cc1ccccc1C(=O)O. The number of nitrogens with two attached hydrogens (primary N) is 2. The molecule has 2 aromatic rings. The minimum Gasteiger partial charge on any atom is -0.478 e. The van der Waals surface area contributed by atoms with Crippen molar-refractivity contribution in [2.24, 2.45) is 16.5 Å². The quantitative estimate of drug-likeness (QED) is 0.582. The number of aliphatic imine (C=N–C) groups is 1.